The van der Waals surface area contributed by atoms with Gasteiger partial charge in [-0.1, -0.05) is 13.8 Å². The van der Waals surface area contributed by atoms with E-state index in [0.717, 1.165) is 25.8 Å². The molecule has 0 amide bonds. The summed E-state index contributed by atoms with van der Waals surface area (Å²) in [6.45, 7) is 5.10. The van der Waals surface area contributed by atoms with E-state index >= 15 is 0 Å². The SMILES string of the molecule is CC(C)C[C@@H](N)CCCNC(=N)N. The molecule has 0 aliphatic rings. The highest BCUT2D eigenvalue weighted by molar-refractivity contribution is 5.74. The van der Waals surface area contributed by atoms with Crippen LogP contribution in [0.5, 0.6) is 0 Å². The summed E-state index contributed by atoms with van der Waals surface area (Å²) in [5, 5.41) is 9.69. The highest BCUT2D eigenvalue weighted by atomic mass is 15.0. The van der Waals surface area contributed by atoms with Crippen LogP contribution in [0.4, 0.5) is 0 Å². The molecular weight excluding hydrogens is 164 g/mol. The second-order valence-corrected chi connectivity index (χ2v) is 3.87. The lowest BCUT2D eigenvalue weighted by Gasteiger charge is -2.13. The van der Waals surface area contributed by atoms with Gasteiger partial charge in [-0.05, 0) is 25.2 Å². The van der Waals surface area contributed by atoms with Crippen LogP contribution in [0.1, 0.15) is 33.1 Å². The summed E-state index contributed by atoms with van der Waals surface area (Å²) in [6.07, 6.45) is 3.05. The van der Waals surface area contributed by atoms with Gasteiger partial charge in [0.25, 0.3) is 0 Å². The molecule has 0 radical (unpaired) electrons. The lowest BCUT2D eigenvalue weighted by Crippen LogP contribution is -2.32. The van der Waals surface area contributed by atoms with Crippen molar-refractivity contribution in [2.24, 2.45) is 17.4 Å². The van der Waals surface area contributed by atoms with Gasteiger partial charge in [0.1, 0.15) is 0 Å². The molecule has 0 aliphatic heterocycles. The van der Waals surface area contributed by atoms with Gasteiger partial charge in [-0.25, -0.2) is 0 Å². The van der Waals surface area contributed by atoms with E-state index in [4.69, 9.17) is 16.9 Å². The topological polar surface area (TPSA) is 87.9 Å². The van der Waals surface area contributed by atoms with Crippen LogP contribution in [-0.4, -0.2) is 18.5 Å². The number of hydrogen-bond acceptors (Lipinski definition) is 2. The second kappa shape index (κ2) is 6.71. The van der Waals surface area contributed by atoms with Crippen molar-refractivity contribution in [2.45, 2.75) is 39.2 Å². The molecule has 6 N–H and O–H groups in total. The minimum Gasteiger partial charge on any atom is -0.370 e. The average molecular weight is 186 g/mol. The molecule has 0 saturated heterocycles. The summed E-state index contributed by atoms with van der Waals surface area (Å²) in [5.74, 6) is 0.702. The lowest BCUT2D eigenvalue weighted by molar-refractivity contribution is 0.462. The molecule has 0 aromatic heterocycles. The number of nitrogens with two attached hydrogens (primary N) is 2. The van der Waals surface area contributed by atoms with E-state index in [2.05, 4.69) is 19.2 Å². The van der Waals surface area contributed by atoms with E-state index in [1.54, 1.807) is 0 Å². The summed E-state index contributed by atoms with van der Waals surface area (Å²) in [7, 11) is 0. The van der Waals surface area contributed by atoms with Gasteiger partial charge in [-0.2, -0.15) is 0 Å². The summed E-state index contributed by atoms with van der Waals surface area (Å²) < 4.78 is 0. The van der Waals surface area contributed by atoms with Crippen molar-refractivity contribution in [1.29, 1.82) is 5.41 Å². The van der Waals surface area contributed by atoms with Gasteiger partial charge < -0.3 is 16.8 Å². The van der Waals surface area contributed by atoms with Crippen LogP contribution in [0.25, 0.3) is 0 Å². The van der Waals surface area contributed by atoms with Gasteiger partial charge in [-0.15, -0.1) is 0 Å². The number of guanidine groups is 1. The Balaban J connectivity index is 3.26. The van der Waals surface area contributed by atoms with Crippen molar-refractivity contribution in [3.8, 4) is 0 Å². The highest BCUT2D eigenvalue weighted by Gasteiger charge is 2.04. The van der Waals surface area contributed by atoms with Crippen LogP contribution >= 0.6 is 0 Å². The van der Waals surface area contributed by atoms with Crippen molar-refractivity contribution in [2.75, 3.05) is 6.54 Å². The normalized spacial score (nSPS) is 12.9. The smallest absolute Gasteiger partial charge is 0.185 e. The van der Waals surface area contributed by atoms with Crippen LogP contribution < -0.4 is 16.8 Å². The molecule has 0 aromatic carbocycles. The van der Waals surface area contributed by atoms with Crippen LogP contribution in [0.15, 0.2) is 0 Å². The minimum atomic E-state index is 0.0393. The quantitative estimate of drug-likeness (QED) is 0.278. The van der Waals surface area contributed by atoms with Crippen LogP contribution in [-0.2, 0) is 0 Å². The molecule has 0 fully saturated rings. The fraction of sp³-hybridized carbons (Fsp3) is 0.889. The predicted molar refractivity (Wildman–Crippen MR) is 56.6 cm³/mol. The van der Waals surface area contributed by atoms with Gasteiger partial charge in [-0.3, -0.25) is 5.41 Å². The van der Waals surface area contributed by atoms with Crippen molar-refractivity contribution in [3.05, 3.63) is 0 Å². The van der Waals surface area contributed by atoms with Crippen molar-refractivity contribution in [1.82, 2.24) is 5.32 Å². The molecule has 1 atom stereocenters. The van der Waals surface area contributed by atoms with E-state index in [0.29, 0.717) is 5.92 Å². The number of hydrogen-bond donors (Lipinski definition) is 4. The minimum absolute atomic E-state index is 0.0393. The zero-order chi connectivity index (χ0) is 10.3. The Kier molecular flexibility index (Phi) is 6.32. The summed E-state index contributed by atoms with van der Waals surface area (Å²) in [4.78, 5) is 0. The first kappa shape index (κ1) is 12.2. The molecule has 0 aliphatic carbocycles. The Morgan fingerprint density at radius 2 is 2.08 bits per heavy atom. The molecule has 4 heteroatoms. The maximum Gasteiger partial charge on any atom is 0.185 e. The van der Waals surface area contributed by atoms with E-state index in [1.807, 2.05) is 0 Å². The standard InChI is InChI=1S/C9H22N4/c1-7(2)6-8(10)4-3-5-13-9(11)12/h7-8H,3-6,10H2,1-2H3,(H4,11,12,13)/t8-/m0/s1. The molecule has 0 aromatic rings. The summed E-state index contributed by atoms with van der Waals surface area (Å²) in [5.41, 5.74) is 11.0. The van der Waals surface area contributed by atoms with E-state index in [9.17, 15) is 0 Å². The monoisotopic (exact) mass is 186 g/mol. The largest absolute Gasteiger partial charge is 0.370 e. The third kappa shape index (κ3) is 9.14. The maximum absolute atomic E-state index is 6.93. The van der Waals surface area contributed by atoms with Gasteiger partial charge >= 0.3 is 0 Å². The average Bonchev–Trinajstić information content (AvgIpc) is 1.96. The van der Waals surface area contributed by atoms with Crippen LogP contribution in [0.3, 0.4) is 0 Å². The fourth-order valence-corrected chi connectivity index (χ4v) is 1.31. The van der Waals surface area contributed by atoms with Gasteiger partial charge in [0.15, 0.2) is 5.96 Å². The van der Waals surface area contributed by atoms with E-state index < -0.39 is 0 Å². The first-order chi connectivity index (χ1) is 6.02. The Bertz CT molecular complexity index is 145. The Morgan fingerprint density at radius 3 is 2.54 bits per heavy atom. The van der Waals surface area contributed by atoms with Gasteiger partial charge in [0.05, 0.1) is 0 Å². The molecule has 0 bridgehead atoms. The Hall–Kier alpha value is -0.770. The second-order valence-electron chi connectivity index (χ2n) is 3.87. The molecule has 0 rings (SSSR count). The third-order valence-electron chi connectivity index (χ3n) is 1.84. The fourth-order valence-electron chi connectivity index (χ4n) is 1.31. The van der Waals surface area contributed by atoms with Crippen molar-refractivity contribution < 1.29 is 0 Å². The first-order valence-electron chi connectivity index (χ1n) is 4.86. The zero-order valence-electron chi connectivity index (χ0n) is 8.64. The van der Waals surface area contributed by atoms with Crippen molar-refractivity contribution in [3.63, 3.8) is 0 Å². The maximum atomic E-state index is 6.93. The molecule has 78 valence electrons. The predicted octanol–water partition coefficient (Wildman–Crippen LogP) is 0.623. The van der Waals surface area contributed by atoms with E-state index in [-0.39, 0.29) is 12.0 Å². The third-order valence-corrected chi connectivity index (χ3v) is 1.84. The summed E-state index contributed by atoms with van der Waals surface area (Å²) in [6, 6.07) is 0.286. The zero-order valence-corrected chi connectivity index (χ0v) is 8.64. The Labute approximate surface area is 80.6 Å². The Morgan fingerprint density at radius 1 is 1.46 bits per heavy atom. The molecule has 0 saturated carbocycles. The van der Waals surface area contributed by atoms with Crippen LogP contribution in [0, 0.1) is 11.3 Å². The summed E-state index contributed by atoms with van der Waals surface area (Å²) >= 11 is 0. The molecule has 13 heavy (non-hydrogen) atoms. The number of nitrogens with one attached hydrogen (secondary N) is 2. The molecule has 0 heterocycles. The van der Waals surface area contributed by atoms with E-state index in [1.165, 1.54) is 0 Å². The van der Waals surface area contributed by atoms with Gasteiger partial charge in [0, 0.05) is 12.6 Å². The number of rotatable bonds is 6. The highest BCUT2D eigenvalue weighted by Crippen LogP contribution is 2.06. The van der Waals surface area contributed by atoms with Crippen LogP contribution in [0.2, 0.25) is 0 Å². The molecular formula is C9H22N4. The lowest BCUT2D eigenvalue weighted by atomic mass is 10.0. The molecule has 4 nitrogen and oxygen atoms in total. The first-order valence-corrected chi connectivity index (χ1v) is 4.86. The van der Waals surface area contributed by atoms with Crippen molar-refractivity contribution >= 4 is 5.96 Å². The van der Waals surface area contributed by atoms with Gasteiger partial charge in [0.2, 0.25) is 0 Å². The molecule has 0 unspecified atom stereocenters. The molecule has 0 spiro atoms.